The molecule has 2 aromatic carbocycles. The van der Waals surface area contributed by atoms with E-state index in [9.17, 15) is 19.8 Å². The minimum absolute atomic E-state index is 0.0121. The summed E-state index contributed by atoms with van der Waals surface area (Å²) in [5, 5.41) is 20.3. The van der Waals surface area contributed by atoms with E-state index < -0.39 is 23.1 Å². The number of rotatable bonds is 18. The molecule has 1 aliphatic carbocycles. The average Bonchev–Trinajstić information content (AvgIpc) is 3.06. The van der Waals surface area contributed by atoms with Gasteiger partial charge in [-0.3, -0.25) is 0 Å². The van der Waals surface area contributed by atoms with Crippen LogP contribution in [0.5, 0.6) is 0 Å². The van der Waals surface area contributed by atoms with Gasteiger partial charge in [-0.25, -0.2) is 9.59 Å². The number of aryl methyl sites for hydroxylation is 2. The van der Waals surface area contributed by atoms with Crippen molar-refractivity contribution in [2.24, 2.45) is 11.8 Å². The first-order valence-electron chi connectivity index (χ1n) is 18.0. The second-order valence-corrected chi connectivity index (χ2v) is 14.9. The Morgan fingerprint density at radius 1 is 0.833 bits per heavy atom. The molecule has 0 heterocycles. The molecule has 48 heavy (non-hydrogen) atoms. The van der Waals surface area contributed by atoms with Crippen LogP contribution in [0.1, 0.15) is 122 Å². The van der Waals surface area contributed by atoms with Gasteiger partial charge in [-0.05, 0) is 112 Å². The molecule has 0 saturated heterocycles. The van der Waals surface area contributed by atoms with E-state index in [1.165, 1.54) is 101 Å². The normalized spacial score (nSPS) is 16.9. The molecule has 1 saturated carbocycles. The van der Waals surface area contributed by atoms with E-state index in [0.717, 1.165) is 17.9 Å². The molecular weight excluding hydrogens is 600 g/mol. The fourth-order valence-electron chi connectivity index (χ4n) is 6.43. The third kappa shape index (κ3) is 11.7. The van der Waals surface area contributed by atoms with Crippen molar-refractivity contribution in [2.75, 3.05) is 13.2 Å². The number of carbonyl (C=O) groups excluding carboxylic acids is 2. The van der Waals surface area contributed by atoms with Gasteiger partial charge >= 0.3 is 11.9 Å². The second kappa shape index (κ2) is 18.0. The summed E-state index contributed by atoms with van der Waals surface area (Å²) in [6, 6.07) is 15.8. The molecule has 0 bridgehead atoms. The smallest absolute Gasteiger partial charge is 0.336 e. The number of unbranched alkanes of at least 4 members (excludes halogenated alkanes) is 2. The van der Waals surface area contributed by atoms with E-state index in [1.807, 2.05) is 0 Å². The van der Waals surface area contributed by atoms with Crippen molar-refractivity contribution in [1.29, 1.82) is 0 Å². The molecule has 2 aromatic rings. The van der Waals surface area contributed by atoms with Crippen molar-refractivity contribution in [3.8, 4) is 11.1 Å². The Balaban J connectivity index is 1.65. The van der Waals surface area contributed by atoms with Crippen LogP contribution < -0.4 is 0 Å². The predicted octanol–water partition coefficient (Wildman–Crippen LogP) is 9.06. The van der Waals surface area contributed by atoms with Crippen LogP contribution in [0.2, 0.25) is 0 Å². The zero-order valence-electron chi connectivity index (χ0n) is 30.4. The van der Waals surface area contributed by atoms with Crippen LogP contribution in [-0.4, -0.2) is 46.6 Å². The van der Waals surface area contributed by atoms with Gasteiger partial charge in [0.25, 0.3) is 0 Å². The van der Waals surface area contributed by atoms with Crippen molar-refractivity contribution >= 4 is 11.9 Å². The summed E-state index contributed by atoms with van der Waals surface area (Å²) in [6.45, 7) is 17.7. The Kier molecular flexibility index (Phi) is 14.7. The van der Waals surface area contributed by atoms with Gasteiger partial charge in [0.2, 0.25) is 0 Å². The van der Waals surface area contributed by atoms with Crippen molar-refractivity contribution in [1.82, 2.24) is 0 Å². The van der Waals surface area contributed by atoms with E-state index in [4.69, 9.17) is 9.47 Å². The summed E-state index contributed by atoms with van der Waals surface area (Å²) in [5.74, 6) is -0.125. The number of carbonyl (C=O) groups is 2. The fourth-order valence-corrected chi connectivity index (χ4v) is 6.43. The zero-order valence-corrected chi connectivity index (χ0v) is 30.4. The molecule has 0 radical (unpaired) electrons. The van der Waals surface area contributed by atoms with Gasteiger partial charge in [0, 0.05) is 5.92 Å². The second-order valence-electron chi connectivity index (χ2n) is 14.9. The van der Waals surface area contributed by atoms with Gasteiger partial charge in [-0.2, -0.15) is 0 Å². The summed E-state index contributed by atoms with van der Waals surface area (Å²) in [5.41, 5.74) is 3.44. The van der Waals surface area contributed by atoms with Crippen molar-refractivity contribution in [2.45, 2.75) is 129 Å². The van der Waals surface area contributed by atoms with E-state index >= 15 is 0 Å². The molecule has 0 atom stereocenters. The maximum Gasteiger partial charge on any atom is 0.336 e. The molecule has 0 unspecified atom stereocenters. The molecule has 264 valence electrons. The maximum atomic E-state index is 12.5. The average molecular weight is 661 g/mol. The van der Waals surface area contributed by atoms with Crippen molar-refractivity contribution in [3.05, 3.63) is 83.5 Å². The first kappa shape index (κ1) is 39.2. The van der Waals surface area contributed by atoms with E-state index in [1.54, 1.807) is 0 Å². The van der Waals surface area contributed by atoms with Gasteiger partial charge < -0.3 is 19.7 Å². The Bertz CT molecular complexity index is 1320. The van der Waals surface area contributed by atoms with Gasteiger partial charge in [0.15, 0.2) is 0 Å². The van der Waals surface area contributed by atoms with Crippen LogP contribution in [0, 0.1) is 11.8 Å². The highest BCUT2D eigenvalue weighted by molar-refractivity contribution is 5.90. The summed E-state index contributed by atoms with van der Waals surface area (Å²) < 4.78 is 11.0. The minimum atomic E-state index is -1.41. The number of hydrogen-bond donors (Lipinski definition) is 2. The zero-order chi connectivity index (χ0) is 35.5. The Labute approximate surface area is 289 Å². The van der Waals surface area contributed by atoms with E-state index in [0.29, 0.717) is 18.8 Å². The summed E-state index contributed by atoms with van der Waals surface area (Å²) in [4.78, 5) is 25.1. The molecule has 0 spiro atoms. The first-order valence-corrected chi connectivity index (χ1v) is 18.0. The molecule has 2 N–H and O–H groups in total. The lowest BCUT2D eigenvalue weighted by Gasteiger charge is -2.29. The van der Waals surface area contributed by atoms with Crippen molar-refractivity contribution in [3.63, 3.8) is 0 Å². The standard InChI is InChI=1S/C42H60O6/c1-9-11-12-13-31-16-19-35(20-17-31)36-21-23-37(24-22-36)38-25-18-32(26-34(38)10-2)14-15-33(27-47-39(43)29(3)41(5,6)45)28-48-40(44)30(4)42(7,8)46/h18,21-26,31,33,35,45-46H,3-4,9-17,19-20,27-28H2,1-2,5-8H3. The summed E-state index contributed by atoms with van der Waals surface area (Å²) in [7, 11) is 0. The quantitative estimate of drug-likeness (QED) is 0.0942. The fraction of sp³-hybridized carbons (Fsp3) is 0.571. The van der Waals surface area contributed by atoms with Gasteiger partial charge in [-0.15, -0.1) is 0 Å². The number of aliphatic hydroxyl groups is 2. The molecule has 0 amide bonds. The Morgan fingerprint density at radius 3 is 1.90 bits per heavy atom. The monoisotopic (exact) mass is 660 g/mol. The van der Waals surface area contributed by atoms with Crippen molar-refractivity contribution < 1.29 is 29.3 Å². The lowest BCUT2D eigenvalue weighted by atomic mass is 9.77. The van der Waals surface area contributed by atoms with Crippen LogP contribution in [-0.2, 0) is 31.9 Å². The molecule has 3 rings (SSSR count). The van der Waals surface area contributed by atoms with Gasteiger partial charge in [0.1, 0.15) is 0 Å². The Hall–Kier alpha value is -3.22. The van der Waals surface area contributed by atoms with Crippen LogP contribution in [0.15, 0.2) is 66.8 Å². The first-order chi connectivity index (χ1) is 22.6. The molecule has 0 aliphatic heterocycles. The number of hydrogen-bond acceptors (Lipinski definition) is 6. The third-order valence-corrected chi connectivity index (χ3v) is 10.0. The third-order valence-electron chi connectivity index (χ3n) is 10.0. The molecule has 1 aliphatic rings. The predicted molar refractivity (Wildman–Crippen MR) is 195 cm³/mol. The highest BCUT2D eigenvalue weighted by atomic mass is 16.5. The Morgan fingerprint density at radius 2 is 1.40 bits per heavy atom. The molecular formula is C42H60O6. The summed E-state index contributed by atoms with van der Waals surface area (Å²) in [6.07, 6.45) is 12.9. The highest BCUT2D eigenvalue weighted by Crippen LogP contribution is 2.38. The van der Waals surface area contributed by atoms with E-state index in [2.05, 4.69) is 69.5 Å². The molecule has 1 fully saturated rings. The summed E-state index contributed by atoms with van der Waals surface area (Å²) >= 11 is 0. The molecule has 6 nitrogen and oxygen atoms in total. The van der Waals surface area contributed by atoms with Crippen LogP contribution in [0.4, 0.5) is 0 Å². The van der Waals surface area contributed by atoms with Crippen LogP contribution in [0.3, 0.4) is 0 Å². The van der Waals surface area contributed by atoms with Gasteiger partial charge in [0.05, 0.1) is 35.6 Å². The number of benzene rings is 2. The molecule has 6 heteroatoms. The number of ether oxygens (including phenoxy) is 2. The SMILES string of the molecule is C=C(C(=O)OCC(CCc1ccc(-c2ccc(C3CCC(CCCCC)CC3)cc2)c(CC)c1)COC(=O)C(=C)C(C)(C)O)C(C)(C)O. The van der Waals surface area contributed by atoms with Crippen LogP contribution in [0.25, 0.3) is 11.1 Å². The largest absolute Gasteiger partial charge is 0.462 e. The lowest BCUT2D eigenvalue weighted by molar-refractivity contribution is -0.146. The lowest BCUT2D eigenvalue weighted by Crippen LogP contribution is -2.31. The van der Waals surface area contributed by atoms with E-state index in [-0.39, 0.29) is 30.3 Å². The minimum Gasteiger partial charge on any atom is -0.462 e. The maximum absolute atomic E-state index is 12.5. The number of esters is 2. The molecule has 0 aromatic heterocycles. The van der Waals surface area contributed by atoms with Gasteiger partial charge in [-0.1, -0.05) is 95.2 Å². The topological polar surface area (TPSA) is 93.1 Å². The van der Waals surface area contributed by atoms with Crippen LogP contribution >= 0.6 is 0 Å². The highest BCUT2D eigenvalue weighted by Gasteiger charge is 2.28.